The van der Waals surface area contributed by atoms with Gasteiger partial charge in [0.05, 0.1) is 6.67 Å². The minimum absolute atomic E-state index is 0.0123. The van der Waals surface area contributed by atoms with Crippen LogP contribution in [0, 0.1) is 0 Å². The largest absolute Gasteiger partial charge is 0.347 e. The lowest BCUT2D eigenvalue weighted by Gasteiger charge is -2.43. The standard InChI is InChI=1S/C28H36N4O3/c1-4-5-9-22-12-14-23(15-13-22)26(34)30-18-16-28(17-19-30)27(35)31(20-25(33)29(2)3)21-32(28)24-10-7-6-8-11-24/h6-8,10-15H,4-5,9,16-21H2,1-3H3. The van der Waals surface area contributed by atoms with E-state index < -0.39 is 5.54 Å². The van der Waals surface area contributed by atoms with Crippen LogP contribution in [0.2, 0.25) is 0 Å². The predicted octanol–water partition coefficient (Wildman–Crippen LogP) is 3.40. The number of anilines is 1. The molecule has 0 N–H and O–H groups in total. The molecule has 3 amide bonds. The monoisotopic (exact) mass is 476 g/mol. The summed E-state index contributed by atoms with van der Waals surface area (Å²) in [4.78, 5) is 46.5. The molecular formula is C28H36N4O3. The Kier molecular flexibility index (Phi) is 7.43. The molecule has 2 fully saturated rings. The molecule has 0 bridgehead atoms. The third kappa shape index (κ3) is 5.04. The zero-order chi connectivity index (χ0) is 25.0. The van der Waals surface area contributed by atoms with Crippen LogP contribution < -0.4 is 4.90 Å². The van der Waals surface area contributed by atoms with Gasteiger partial charge in [-0.05, 0) is 55.5 Å². The zero-order valence-electron chi connectivity index (χ0n) is 21.1. The molecule has 186 valence electrons. The number of likely N-dealkylation sites (tertiary alicyclic amines) is 1. The minimum Gasteiger partial charge on any atom is -0.347 e. The normalized spacial score (nSPS) is 17.2. The van der Waals surface area contributed by atoms with Crippen molar-refractivity contribution in [2.24, 2.45) is 0 Å². The van der Waals surface area contributed by atoms with Gasteiger partial charge in [-0.15, -0.1) is 0 Å². The van der Waals surface area contributed by atoms with Gasteiger partial charge in [0.1, 0.15) is 12.1 Å². The fourth-order valence-corrected chi connectivity index (χ4v) is 5.08. The summed E-state index contributed by atoms with van der Waals surface area (Å²) in [7, 11) is 3.40. The molecule has 0 aromatic heterocycles. The number of unbranched alkanes of at least 4 members (excludes halogenated alkanes) is 1. The highest BCUT2D eigenvalue weighted by atomic mass is 16.2. The van der Waals surface area contributed by atoms with E-state index in [0.29, 0.717) is 38.2 Å². The number of para-hydroxylation sites is 1. The van der Waals surface area contributed by atoms with E-state index in [9.17, 15) is 14.4 Å². The first-order chi connectivity index (χ1) is 16.9. The SMILES string of the molecule is CCCCc1ccc(C(=O)N2CCC3(CC2)C(=O)N(CC(=O)N(C)C)CN3c2ccccc2)cc1. The summed E-state index contributed by atoms with van der Waals surface area (Å²) < 4.78 is 0. The maximum atomic E-state index is 13.7. The summed E-state index contributed by atoms with van der Waals surface area (Å²) in [6.07, 6.45) is 4.39. The van der Waals surface area contributed by atoms with Crippen molar-refractivity contribution in [3.8, 4) is 0 Å². The van der Waals surface area contributed by atoms with Crippen LogP contribution in [0.15, 0.2) is 54.6 Å². The number of likely N-dealkylation sites (N-methyl/N-ethyl adjacent to an activating group) is 1. The van der Waals surface area contributed by atoms with Gasteiger partial charge in [0.2, 0.25) is 5.91 Å². The number of amides is 3. The lowest BCUT2D eigenvalue weighted by atomic mass is 9.85. The predicted molar refractivity (Wildman–Crippen MR) is 137 cm³/mol. The molecule has 4 rings (SSSR count). The number of nitrogens with zero attached hydrogens (tertiary/aromatic N) is 4. The van der Waals surface area contributed by atoms with Crippen LogP contribution in [0.5, 0.6) is 0 Å². The second-order valence-electron chi connectivity index (χ2n) is 9.82. The highest BCUT2D eigenvalue weighted by molar-refractivity contribution is 5.97. The van der Waals surface area contributed by atoms with Crippen molar-refractivity contribution in [3.05, 3.63) is 65.7 Å². The summed E-state index contributed by atoms with van der Waals surface area (Å²) in [6, 6.07) is 17.8. The van der Waals surface area contributed by atoms with Gasteiger partial charge in [-0.3, -0.25) is 14.4 Å². The Morgan fingerprint density at radius 2 is 1.63 bits per heavy atom. The van der Waals surface area contributed by atoms with E-state index in [4.69, 9.17) is 0 Å². The van der Waals surface area contributed by atoms with Gasteiger partial charge in [-0.2, -0.15) is 0 Å². The smallest absolute Gasteiger partial charge is 0.253 e. The van der Waals surface area contributed by atoms with Crippen LogP contribution in [0.4, 0.5) is 5.69 Å². The first-order valence-electron chi connectivity index (χ1n) is 12.6. The first-order valence-corrected chi connectivity index (χ1v) is 12.6. The Labute approximate surface area is 208 Å². The summed E-state index contributed by atoms with van der Waals surface area (Å²) in [5, 5.41) is 0. The van der Waals surface area contributed by atoms with E-state index in [1.807, 2.05) is 59.5 Å². The van der Waals surface area contributed by atoms with Gasteiger partial charge in [0.15, 0.2) is 0 Å². The Morgan fingerprint density at radius 1 is 0.971 bits per heavy atom. The number of piperidine rings is 1. The Hall–Kier alpha value is -3.35. The Morgan fingerprint density at radius 3 is 2.23 bits per heavy atom. The van der Waals surface area contributed by atoms with Crippen LogP contribution in [0.1, 0.15) is 48.5 Å². The van der Waals surface area contributed by atoms with Gasteiger partial charge in [-0.1, -0.05) is 43.7 Å². The molecule has 0 radical (unpaired) electrons. The molecule has 0 unspecified atom stereocenters. The average Bonchev–Trinajstić information content (AvgIpc) is 3.14. The quantitative estimate of drug-likeness (QED) is 0.615. The molecule has 0 saturated carbocycles. The number of aryl methyl sites for hydroxylation is 1. The van der Waals surface area contributed by atoms with Gasteiger partial charge in [0, 0.05) is 38.4 Å². The lowest BCUT2D eigenvalue weighted by molar-refractivity contribution is -0.139. The highest BCUT2D eigenvalue weighted by Crippen LogP contribution is 2.39. The summed E-state index contributed by atoms with van der Waals surface area (Å²) in [6.45, 7) is 3.61. The van der Waals surface area contributed by atoms with Crippen molar-refractivity contribution in [2.75, 3.05) is 45.3 Å². The topological polar surface area (TPSA) is 64.2 Å². The molecule has 2 aliphatic heterocycles. The molecule has 7 heteroatoms. The molecule has 7 nitrogen and oxygen atoms in total. The molecule has 2 heterocycles. The van der Waals surface area contributed by atoms with Crippen LogP contribution in [-0.2, 0) is 16.0 Å². The number of hydrogen-bond donors (Lipinski definition) is 0. The van der Waals surface area contributed by atoms with Crippen molar-refractivity contribution in [1.82, 2.24) is 14.7 Å². The van der Waals surface area contributed by atoms with E-state index in [1.165, 1.54) is 10.5 Å². The second-order valence-corrected chi connectivity index (χ2v) is 9.82. The van der Waals surface area contributed by atoms with Gasteiger partial charge >= 0.3 is 0 Å². The van der Waals surface area contributed by atoms with E-state index in [2.05, 4.69) is 11.8 Å². The van der Waals surface area contributed by atoms with Crippen molar-refractivity contribution in [1.29, 1.82) is 0 Å². The number of rotatable bonds is 7. The molecule has 1 spiro atoms. The molecule has 2 saturated heterocycles. The third-order valence-electron chi connectivity index (χ3n) is 7.30. The van der Waals surface area contributed by atoms with Crippen molar-refractivity contribution in [2.45, 2.75) is 44.6 Å². The molecule has 2 aromatic carbocycles. The Bertz CT molecular complexity index is 1040. The minimum atomic E-state index is -0.741. The highest BCUT2D eigenvalue weighted by Gasteiger charge is 2.54. The second kappa shape index (κ2) is 10.5. The van der Waals surface area contributed by atoms with E-state index in [0.717, 1.165) is 24.9 Å². The molecule has 2 aliphatic rings. The van der Waals surface area contributed by atoms with Crippen LogP contribution >= 0.6 is 0 Å². The van der Waals surface area contributed by atoms with Crippen LogP contribution in [-0.4, -0.2) is 78.4 Å². The fourth-order valence-electron chi connectivity index (χ4n) is 5.08. The van der Waals surface area contributed by atoms with E-state index >= 15 is 0 Å². The van der Waals surface area contributed by atoms with Crippen LogP contribution in [0.3, 0.4) is 0 Å². The van der Waals surface area contributed by atoms with E-state index in [-0.39, 0.29) is 24.3 Å². The van der Waals surface area contributed by atoms with E-state index in [1.54, 1.807) is 19.0 Å². The fraction of sp³-hybridized carbons (Fsp3) is 0.464. The molecule has 35 heavy (non-hydrogen) atoms. The Balaban J connectivity index is 1.50. The molecule has 0 atom stereocenters. The molecular weight excluding hydrogens is 440 g/mol. The summed E-state index contributed by atoms with van der Waals surface area (Å²) >= 11 is 0. The summed E-state index contributed by atoms with van der Waals surface area (Å²) in [5.41, 5.74) is 2.16. The number of hydrogen-bond acceptors (Lipinski definition) is 4. The van der Waals surface area contributed by atoms with Gasteiger partial charge in [0.25, 0.3) is 11.8 Å². The third-order valence-corrected chi connectivity index (χ3v) is 7.30. The first kappa shape index (κ1) is 24.8. The molecule has 0 aliphatic carbocycles. The van der Waals surface area contributed by atoms with Gasteiger partial charge in [-0.25, -0.2) is 0 Å². The van der Waals surface area contributed by atoms with Crippen LogP contribution in [0.25, 0.3) is 0 Å². The van der Waals surface area contributed by atoms with Gasteiger partial charge < -0.3 is 19.6 Å². The van der Waals surface area contributed by atoms with Crippen molar-refractivity contribution < 1.29 is 14.4 Å². The van der Waals surface area contributed by atoms with Crippen molar-refractivity contribution in [3.63, 3.8) is 0 Å². The summed E-state index contributed by atoms with van der Waals surface area (Å²) in [5.74, 6) is -0.111. The maximum absolute atomic E-state index is 13.7. The zero-order valence-corrected chi connectivity index (χ0v) is 21.1. The molecule has 2 aromatic rings. The number of carbonyl (C=O) groups is 3. The van der Waals surface area contributed by atoms with Crippen molar-refractivity contribution >= 4 is 23.4 Å². The lowest BCUT2D eigenvalue weighted by Crippen LogP contribution is -2.57. The maximum Gasteiger partial charge on any atom is 0.253 e. The number of carbonyl (C=O) groups excluding carboxylic acids is 3. The average molecular weight is 477 g/mol. The number of benzene rings is 2.